The van der Waals surface area contributed by atoms with Crippen LogP contribution in [0.3, 0.4) is 0 Å². The van der Waals surface area contributed by atoms with Crippen molar-refractivity contribution < 1.29 is 29.0 Å². The Morgan fingerprint density at radius 2 is 1.54 bits per heavy atom. The molecule has 306 valence electrons. The highest BCUT2D eigenvalue weighted by Crippen LogP contribution is 2.77. The molecule has 0 radical (unpaired) electrons. The third-order valence-corrected chi connectivity index (χ3v) is 18.5. The molecule has 0 saturated heterocycles. The lowest BCUT2D eigenvalue weighted by atomic mass is 9.33. The molecule has 7 aliphatic rings. The van der Waals surface area contributed by atoms with E-state index in [-0.39, 0.29) is 63.2 Å². The van der Waals surface area contributed by atoms with Crippen molar-refractivity contribution >= 4 is 35.2 Å². The summed E-state index contributed by atoms with van der Waals surface area (Å²) in [5, 5.41) is 13.5. The molecule has 8 rings (SSSR count). The average Bonchev–Trinajstić information content (AvgIpc) is 3.80. The summed E-state index contributed by atoms with van der Waals surface area (Å²) in [7, 11) is 0. The van der Waals surface area contributed by atoms with Crippen LogP contribution in [0, 0.1) is 68.0 Å². The van der Waals surface area contributed by atoms with Gasteiger partial charge < -0.3 is 15.2 Å². The van der Waals surface area contributed by atoms with Gasteiger partial charge in [-0.2, -0.15) is 0 Å². The van der Waals surface area contributed by atoms with Gasteiger partial charge in [0.25, 0.3) is 0 Å². The highest BCUT2D eigenvalue weighted by atomic mass is 35.5. The predicted molar refractivity (Wildman–Crippen MR) is 213 cm³/mol. The van der Waals surface area contributed by atoms with Gasteiger partial charge in [0.2, 0.25) is 5.91 Å². The number of aromatic nitrogens is 2. The molecule has 1 heterocycles. The number of carboxylic acids is 1. The normalized spacial score (nSPS) is 41.4. The average molecular weight is 790 g/mol. The quantitative estimate of drug-likeness (QED) is 0.249. The van der Waals surface area contributed by atoms with E-state index in [4.69, 9.17) is 16.3 Å². The van der Waals surface area contributed by atoms with E-state index in [9.17, 15) is 24.3 Å². The lowest BCUT2D eigenvalue weighted by molar-refractivity contribution is -0.236. The maximum Gasteiger partial charge on any atom is 0.309 e. The van der Waals surface area contributed by atoms with Crippen molar-refractivity contribution in [1.29, 1.82) is 0 Å². The van der Waals surface area contributed by atoms with E-state index >= 15 is 0 Å². The number of Topliss-reactive ketones (excluding diaryl/α,β-unsaturated/α-hetero) is 1. The number of nitrogens with zero attached hydrogens (tertiary/aromatic N) is 2. The van der Waals surface area contributed by atoms with Crippen LogP contribution in [0.25, 0.3) is 0 Å². The lowest BCUT2D eigenvalue weighted by Crippen LogP contribution is -2.66. The van der Waals surface area contributed by atoms with Crippen LogP contribution in [0.15, 0.2) is 23.5 Å². The molecule has 2 N–H and O–H groups in total. The van der Waals surface area contributed by atoms with Crippen LogP contribution in [0.2, 0.25) is 5.02 Å². The van der Waals surface area contributed by atoms with Crippen molar-refractivity contribution in [3.05, 3.63) is 34.4 Å². The number of hydrogen-bond donors (Lipinski definition) is 2. The summed E-state index contributed by atoms with van der Waals surface area (Å²) in [6.45, 7) is 20.3. The molecule has 10 heteroatoms. The third kappa shape index (κ3) is 5.57. The summed E-state index contributed by atoms with van der Waals surface area (Å²) in [4.78, 5) is 62.6. The van der Waals surface area contributed by atoms with Crippen molar-refractivity contribution in [2.45, 2.75) is 157 Å². The second-order valence-corrected chi connectivity index (χ2v) is 22.2. The number of halogens is 1. The van der Waals surface area contributed by atoms with Crippen LogP contribution < -0.4 is 5.32 Å². The summed E-state index contributed by atoms with van der Waals surface area (Å²) < 4.78 is 6.42. The van der Waals surface area contributed by atoms with E-state index < -0.39 is 28.3 Å². The molecule has 0 aromatic carbocycles. The number of ketones is 1. The molecular formula is C46H64ClN3O6. The first-order valence-electron chi connectivity index (χ1n) is 21.6. The molecule has 0 spiro atoms. The van der Waals surface area contributed by atoms with Gasteiger partial charge in [-0.15, -0.1) is 0 Å². The van der Waals surface area contributed by atoms with E-state index in [2.05, 4.69) is 63.8 Å². The van der Waals surface area contributed by atoms with Gasteiger partial charge in [-0.25, -0.2) is 9.97 Å². The molecule has 1 amide bonds. The molecular weight excluding hydrogens is 726 g/mol. The van der Waals surface area contributed by atoms with Gasteiger partial charge in [-0.3, -0.25) is 19.2 Å². The minimum absolute atomic E-state index is 0.0184. The second kappa shape index (κ2) is 12.8. The topological polar surface area (TPSA) is 136 Å². The number of amides is 1. The number of allylic oxidation sites excluding steroid dienone is 2. The number of hydrogen-bond acceptors (Lipinski definition) is 7. The van der Waals surface area contributed by atoms with E-state index in [0.717, 1.165) is 69.8 Å². The molecule has 1 unspecified atom stereocenters. The Morgan fingerprint density at radius 3 is 2.14 bits per heavy atom. The summed E-state index contributed by atoms with van der Waals surface area (Å²) in [6, 6.07) is 0. The van der Waals surface area contributed by atoms with Crippen LogP contribution in [0.1, 0.15) is 152 Å². The van der Waals surface area contributed by atoms with Gasteiger partial charge in [0, 0.05) is 36.1 Å². The third-order valence-electron chi connectivity index (χ3n) is 18.3. The zero-order chi connectivity index (χ0) is 40.6. The molecule has 1 aromatic heterocycles. The molecule has 9 nitrogen and oxygen atoms in total. The number of ether oxygens (including phenoxy) is 1. The fourth-order valence-corrected chi connectivity index (χ4v) is 14.9. The van der Waals surface area contributed by atoms with Crippen LogP contribution >= 0.6 is 11.6 Å². The van der Waals surface area contributed by atoms with Gasteiger partial charge in [0.05, 0.1) is 22.4 Å². The van der Waals surface area contributed by atoms with Crippen LogP contribution in [0.5, 0.6) is 0 Å². The van der Waals surface area contributed by atoms with Gasteiger partial charge in [0.1, 0.15) is 6.10 Å². The number of carbonyl (C=O) groups is 4. The van der Waals surface area contributed by atoms with Crippen LogP contribution in [-0.4, -0.2) is 44.8 Å². The van der Waals surface area contributed by atoms with E-state index in [1.807, 2.05) is 13.8 Å². The Labute approximate surface area is 338 Å². The second-order valence-electron chi connectivity index (χ2n) is 21.8. The van der Waals surface area contributed by atoms with Gasteiger partial charge in [0.15, 0.2) is 11.6 Å². The maximum absolute atomic E-state index is 14.2. The zero-order valence-electron chi connectivity index (χ0n) is 35.1. The maximum atomic E-state index is 14.2. The van der Waals surface area contributed by atoms with Crippen molar-refractivity contribution in [1.82, 2.24) is 15.3 Å². The Balaban J connectivity index is 1.04. The van der Waals surface area contributed by atoms with E-state index in [0.29, 0.717) is 41.9 Å². The fourth-order valence-electron chi connectivity index (χ4n) is 14.8. The Bertz CT molecular complexity index is 1880. The number of esters is 1. The number of fused-ring (bicyclic) bond motifs is 7. The van der Waals surface area contributed by atoms with Crippen molar-refractivity contribution in [3.63, 3.8) is 0 Å². The minimum atomic E-state index is -0.834. The Morgan fingerprint density at radius 1 is 0.857 bits per heavy atom. The number of rotatable bonds is 8. The number of aliphatic carboxylic acids is 1. The highest BCUT2D eigenvalue weighted by molar-refractivity contribution is 6.30. The largest absolute Gasteiger partial charge is 0.481 e. The first-order chi connectivity index (χ1) is 26.1. The Hall–Kier alpha value is -2.81. The van der Waals surface area contributed by atoms with Crippen LogP contribution in [0.4, 0.5) is 0 Å². The monoisotopic (exact) mass is 789 g/mol. The first-order valence-corrected chi connectivity index (χ1v) is 21.9. The lowest BCUT2D eigenvalue weighted by Gasteiger charge is -2.72. The highest BCUT2D eigenvalue weighted by Gasteiger charge is 2.70. The number of carboxylic acid groups (broad SMARTS) is 1. The molecule has 0 aliphatic heterocycles. The molecule has 7 aliphatic carbocycles. The van der Waals surface area contributed by atoms with Gasteiger partial charge in [-0.1, -0.05) is 79.5 Å². The van der Waals surface area contributed by atoms with Crippen molar-refractivity contribution in [2.24, 2.45) is 68.0 Å². The summed E-state index contributed by atoms with van der Waals surface area (Å²) >= 11 is 6.08. The molecule has 10 atom stereocenters. The van der Waals surface area contributed by atoms with Crippen molar-refractivity contribution in [3.8, 4) is 0 Å². The predicted octanol–water partition coefficient (Wildman–Crippen LogP) is 9.26. The molecule has 0 bridgehead atoms. The zero-order valence-corrected chi connectivity index (χ0v) is 35.9. The Kier molecular flexibility index (Phi) is 9.17. The van der Waals surface area contributed by atoms with E-state index in [1.54, 1.807) is 12.4 Å². The first kappa shape index (κ1) is 40.0. The standard InChI is InChI=1S/C46H64ClN3O6/c1-25(2)35-30(51)21-45(22-34(52)50-46(18-19-46)39-48-23-26(47)24-49-39)17-16-43(8)27(36(35)45)10-11-32-42(7)14-13-33(41(5,6)31(42)12-15-44(32,43)9)56-38(55)29-20-28(37(53)54)40(29,3)4/h23-25,27-29,31-33H,10-22H2,1-9H3,(H,50,52)(H,53,54)/t27?,28-,29+,31-,32+,33-,42-,43+,44+,45-/m0/s1. The summed E-state index contributed by atoms with van der Waals surface area (Å²) in [5.74, 6) is 0.0572. The van der Waals surface area contributed by atoms with Gasteiger partial charge >= 0.3 is 11.9 Å². The SMILES string of the molecule is CC(C)C1=C2C3CC[C@@H]4[C@@]5(C)CC[C@H](OC(=O)[C@H]6C[C@@H](C(=O)O)C6(C)C)C(C)(C)[C@@H]5CC[C@@]4(C)[C@]3(C)CC[C@@]2(CC(=O)NC2(c3ncc(Cl)cn3)CC2)CC1=O. The molecule has 6 fully saturated rings. The fraction of sp³-hybridized carbons (Fsp3) is 0.783. The number of carbonyl (C=O) groups excluding carboxylic acids is 3. The van der Waals surface area contributed by atoms with Gasteiger partial charge in [-0.05, 0) is 122 Å². The van der Waals surface area contributed by atoms with E-state index in [1.165, 1.54) is 5.57 Å². The van der Waals surface area contributed by atoms with Crippen molar-refractivity contribution in [2.75, 3.05) is 0 Å². The molecule has 6 saturated carbocycles. The summed E-state index contributed by atoms with van der Waals surface area (Å²) in [5.41, 5.74) is 0.523. The molecule has 1 aromatic rings. The number of nitrogens with one attached hydrogen (secondary N) is 1. The smallest absolute Gasteiger partial charge is 0.309 e. The van der Waals surface area contributed by atoms with Crippen LogP contribution in [-0.2, 0) is 29.5 Å². The molecule has 56 heavy (non-hydrogen) atoms. The summed E-state index contributed by atoms with van der Waals surface area (Å²) in [6.07, 6.45) is 13.5. The minimum Gasteiger partial charge on any atom is -0.481 e.